The van der Waals surface area contributed by atoms with Gasteiger partial charge in [-0.05, 0) is 67.8 Å². The summed E-state index contributed by atoms with van der Waals surface area (Å²) in [5, 5.41) is 7.13. The lowest BCUT2D eigenvalue weighted by atomic mass is 10.1. The van der Waals surface area contributed by atoms with Gasteiger partial charge in [0, 0.05) is 43.8 Å². The molecule has 33 heavy (non-hydrogen) atoms. The number of rotatable bonds is 5. The lowest BCUT2D eigenvalue weighted by Gasteiger charge is -2.25. The van der Waals surface area contributed by atoms with Gasteiger partial charge in [-0.1, -0.05) is 43.5 Å². The third-order valence-electron chi connectivity index (χ3n) is 6.23. The molecule has 174 valence electrons. The van der Waals surface area contributed by atoms with Gasteiger partial charge in [0.15, 0.2) is 0 Å². The highest BCUT2D eigenvalue weighted by molar-refractivity contribution is 5.48. The Bertz CT molecular complexity index is 942. The Balaban J connectivity index is 1.39. The van der Waals surface area contributed by atoms with Gasteiger partial charge in [0.05, 0.1) is 17.9 Å². The molecule has 0 saturated heterocycles. The van der Waals surface area contributed by atoms with Crippen LogP contribution >= 0.6 is 0 Å². The largest absolute Gasteiger partial charge is 0.364 e. The molecular weight excluding hydrogens is 406 g/mol. The Morgan fingerprint density at radius 1 is 0.788 bits per heavy atom. The van der Waals surface area contributed by atoms with Crippen LogP contribution in [0.1, 0.15) is 54.7 Å². The predicted octanol–water partition coefficient (Wildman–Crippen LogP) is 4.87. The summed E-state index contributed by atoms with van der Waals surface area (Å²) >= 11 is 0. The van der Waals surface area contributed by atoms with Crippen molar-refractivity contribution in [2.45, 2.75) is 58.2 Å². The first-order chi connectivity index (χ1) is 16.4. The normalized spacial score (nSPS) is 16.1. The number of nitrogens with zero attached hydrogens (tertiary/aromatic N) is 3. The number of pyridine rings is 2. The molecule has 1 aliphatic heterocycles. The Morgan fingerprint density at radius 2 is 1.64 bits per heavy atom. The van der Waals surface area contributed by atoms with E-state index in [1.807, 2.05) is 18.3 Å². The smallest absolute Gasteiger partial charge is 0.0602 e. The van der Waals surface area contributed by atoms with Crippen LogP contribution < -0.4 is 15.5 Å². The Morgan fingerprint density at radius 3 is 2.52 bits per heavy atom. The molecule has 0 amide bonds. The number of fused-ring (bicyclic) bond motifs is 2. The van der Waals surface area contributed by atoms with Crippen LogP contribution in [0.5, 0.6) is 0 Å². The van der Waals surface area contributed by atoms with Crippen molar-refractivity contribution in [2.75, 3.05) is 24.5 Å². The fourth-order valence-corrected chi connectivity index (χ4v) is 4.34. The molecule has 0 unspecified atom stereocenters. The molecule has 2 N–H and O–H groups in total. The molecular formula is C28H37N5. The average molecular weight is 444 g/mol. The van der Waals surface area contributed by atoms with Crippen molar-refractivity contribution in [3.8, 4) is 0 Å². The van der Waals surface area contributed by atoms with Gasteiger partial charge >= 0.3 is 0 Å². The van der Waals surface area contributed by atoms with Crippen LogP contribution in [0.15, 0.2) is 66.9 Å². The monoisotopic (exact) mass is 443 g/mol. The second-order valence-corrected chi connectivity index (χ2v) is 8.90. The van der Waals surface area contributed by atoms with Crippen molar-refractivity contribution in [3.63, 3.8) is 0 Å². The molecule has 4 rings (SSSR count). The molecule has 3 heterocycles. The van der Waals surface area contributed by atoms with E-state index in [0.717, 1.165) is 57.1 Å². The molecule has 0 spiro atoms. The van der Waals surface area contributed by atoms with Crippen molar-refractivity contribution in [2.24, 2.45) is 0 Å². The first-order valence-electron chi connectivity index (χ1n) is 12.5. The maximum atomic E-state index is 4.97. The third kappa shape index (κ3) is 7.95. The molecule has 0 saturated carbocycles. The van der Waals surface area contributed by atoms with E-state index in [0.29, 0.717) is 0 Å². The Hall–Kier alpha value is -2.76. The SMILES string of the molecule is c1ccc(CNCc2ccc(N3CCNCCCCCCCc4cccc(n4)C3)cc2)nc1. The minimum Gasteiger partial charge on any atom is -0.364 e. The van der Waals surface area contributed by atoms with E-state index in [4.69, 9.17) is 4.98 Å². The fraction of sp³-hybridized carbons (Fsp3) is 0.429. The Kier molecular flexibility index (Phi) is 9.27. The van der Waals surface area contributed by atoms with Crippen molar-refractivity contribution in [3.05, 3.63) is 89.5 Å². The van der Waals surface area contributed by atoms with Gasteiger partial charge in [-0.2, -0.15) is 0 Å². The number of anilines is 1. The Labute approximate surface area is 198 Å². The summed E-state index contributed by atoms with van der Waals surface area (Å²) in [4.78, 5) is 11.8. The van der Waals surface area contributed by atoms with Gasteiger partial charge in [-0.3, -0.25) is 9.97 Å². The van der Waals surface area contributed by atoms with E-state index >= 15 is 0 Å². The maximum Gasteiger partial charge on any atom is 0.0602 e. The third-order valence-corrected chi connectivity index (χ3v) is 6.23. The van der Waals surface area contributed by atoms with E-state index < -0.39 is 0 Å². The van der Waals surface area contributed by atoms with Gasteiger partial charge in [-0.15, -0.1) is 0 Å². The van der Waals surface area contributed by atoms with Gasteiger partial charge in [0.1, 0.15) is 0 Å². The van der Waals surface area contributed by atoms with Crippen molar-refractivity contribution >= 4 is 5.69 Å². The molecule has 0 fully saturated rings. The van der Waals surface area contributed by atoms with Gasteiger partial charge in [-0.25, -0.2) is 0 Å². The first kappa shape index (κ1) is 23.4. The molecule has 2 aromatic heterocycles. The summed E-state index contributed by atoms with van der Waals surface area (Å²) in [5.74, 6) is 0. The molecule has 0 aliphatic carbocycles. The topological polar surface area (TPSA) is 53.1 Å². The fourth-order valence-electron chi connectivity index (χ4n) is 4.34. The van der Waals surface area contributed by atoms with E-state index in [1.54, 1.807) is 0 Å². The molecule has 5 nitrogen and oxygen atoms in total. The van der Waals surface area contributed by atoms with Gasteiger partial charge in [0.25, 0.3) is 0 Å². The van der Waals surface area contributed by atoms with Crippen molar-refractivity contribution in [1.29, 1.82) is 0 Å². The van der Waals surface area contributed by atoms with E-state index in [-0.39, 0.29) is 0 Å². The van der Waals surface area contributed by atoms with Crippen LogP contribution in [-0.4, -0.2) is 29.6 Å². The van der Waals surface area contributed by atoms with Crippen LogP contribution in [0, 0.1) is 0 Å². The zero-order valence-corrected chi connectivity index (χ0v) is 19.7. The minimum absolute atomic E-state index is 0.780. The number of hydrogen-bond donors (Lipinski definition) is 2. The highest BCUT2D eigenvalue weighted by atomic mass is 15.1. The van der Waals surface area contributed by atoms with Crippen LogP contribution in [0.2, 0.25) is 0 Å². The number of nitrogens with one attached hydrogen (secondary N) is 2. The quantitative estimate of drug-likeness (QED) is 0.589. The molecule has 0 radical (unpaired) electrons. The molecule has 3 aromatic rings. The van der Waals surface area contributed by atoms with E-state index in [1.165, 1.54) is 49.0 Å². The molecule has 0 atom stereocenters. The summed E-state index contributed by atoms with van der Waals surface area (Å²) < 4.78 is 0. The summed E-state index contributed by atoms with van der Waals surface area (Å²) in [6, 6.07) is 21.5. The summed E-state index contributed by atoms with van der Waals surface area (Å²) in [5.41, 5.74) is 5.99. The minimum atomic E-state index is 0.780. The van der Waals surface area contributed by atoms with E-state index in [9.17, 15) is 0 Å². The lowest BCUT2D eigenvalue weighted by molar-refractivity contribution is 0.573. The second-order valence-electron chi connectivity index (χ2n) is 8.90. The first-order valence-corrected chi connectivity index (χ1v) is 12.5. The standard InChI is InChI=1S/C28H37N5/c1-2-4-9-25-11-8-12-27(32-25)23-33(20-19-29-17-6-3-1)28-15-13-24(14-16-28)21-30-22-26-10-5-7-18-31-26/h5,7-8,10-16,18,29-30H,1-4,6,9,17,19-23H2. The summed E-state index contributed by atoms with van der Waals surface area (Å²) in [6.07, 6.45) is 9.40. The highest BCUT2D eigenvalue weighted by Crippen LogP contribution is 2.18. The molecule has 1 aliphatic rings. The molecule has 1 aromatic carbocycles. The number of aryl methyl sites for hydroxylation is 1. The predicted molar refractivity (Wildman–Crippen MR) is 136 cm³/mol. The summed E-state index contributed by atoms with van der Waals surface area (Å²) in [6.45, 7) is 5.54. The lowest BCUT2D eigenvalue weighted by Crippen LogP contribution is -2.32. The van der Waals surface area contributed by atoms with Crippen molar-refractivity contribution < 1.29 is 0 Å². The maximum absolute atomic E-state index is 4.97. The second kappa shape index (κ2) is 13.1. The van der Waals surface area contributed by atoms with Crippen LogP contribution in [0.25, 0.3) is 0 Å². The molecule has 2 bridgehead atoms. The molecule has 5 heteroatoms. The zero-order valence-electron chi connectivity index (χ0n) is 19.7. The van der Waals surface area contributed by atoms with E-state index in [2.05, 4.69) is 69.0 Å². The van der Waals surface area contributed by atoms with Crippen LogP contribution in [0.4, 0.5) is 5.69 Å². The number of hydrogen-bond acceptors (Lipinski definition) is 5. The van der Waals surface area contributed by atoms with Crippen molar-refractivity contribution in [1.82, 2.24) is 20.6 Å². The van der Waals surface area contributed by atoms with Crippen LogP contribution in [0.3, 0.4) is 0 Å². The zero-order chi connectivity index (χ0) is 22.6. The van der Waals surface area contributed by atoms with Gasteiger partial charge < -0.3 is 15.5 Å². The highest BCUT2D eigenvalue weighted by Gasteiger charge is 2.10. The summed E-state index contributed by atoms with van der Waals surface area (Å²) in [7, 11) is 0. The van der Waals surface area contributed by atoms with Gasteiger partial charge in [0.2, 0.25) is 0 Å². The number of aromatic nitrogens is 2. The number of benzene rings is 1. The average Bonchev–Trinajstić information content (AvgIpc) is 2.86. The van der Waals surface area contributed by atoms with Crippen LogP contribution in [-0.2, 0) is 26.1 Å².